The van der Waals surface area contributed by atoms with Gasteiger partial charge in [-0.2, -0.15) is 22.9 Å². The molecule has 44 heavy (non-hydrogen) atoms. The first-order valence-electron chi connectivity index (χ1n) is 13.1. The van der Waals surface area contributed by atoms with Gasteiger partial charge in [0, 0.05) is 21.3 Å². The summed E-state index contributed by atoms with van der Waals surface area (Å²) in [7, 11) is 1.42. The van der Waals surface area contributed by atoms with Crippen molar-refractivity contribution in [3.05, 3.63) is 116 Å². The van der Waals surface area contributed by atoms with Crippen LogP contribution in [0.5, 0.6) is 11.5 Å². The van der Waals surface area contributed by atoms with Gasteiger partial charge in [0.2, 0.25) is 0 Å². The van der Waals surface area contributed by atoms with E-state index in [1.165, 1.54) is 25.5 Å². The molecule has 8 nitrogen and oxygen atoms in total. The zero-order valence-electron chi connectivity index (χ0n) is 23.4. The quantitative estimate of drug-likeness (QED) is 0.179. The van der Waals surface area contributed by atoms with Crippen molar-refractivity contribution in [1.82, 2.24) is 9.66 Å². The average molecular weight is 665 g/mol. The van der Waals surface area contributed by atoms with Crippen molar-refractivity contribution in [2.75, 3.05) is 19.0 Å². The van der Waals surface area contributed by atoms with Crippen molar-refractivity contribution in [2.24, 2.45) is 5.10 Å². The van der Waals surface area contributed by atoms with Crippen LogP contribution >= 0.6 is 15.9 Å². The molecule has 4 aromatic carbocycles. The molecular weight excluding hydrogens is 641 g/mol. The highest BCUT2D eigenvalue weighted by molar-refractivity contribution is 9.10. The number of anilines is 1. The van der Waals surface area contributed by atoms with Gasteiger partial charge in [-0.05, 0) is 55.5 Å². The lowest BCUT2D eigenvalue weighted by molar-refractivity contribution is -0.137. The molecule has 1 aromatic heterocycles. The molecule has 0 fully saturated rings. The topological polar surface area (TPSA) is 94.8 Å². The standard InChI is InChI=1S/C32H24BrF3N4O4/c1-19-10-12-24(13-11-19)38-28(41)18-44-29-21(15-23(33)16-27(29)43-2)17-37-40-30(20-6-5-7-22(14-20)32(34,35)36)39-26-9-4-3-8-25(26)31(40)42/h3-17H,18H2,1-2H3,(H,38,41). The summed E-state index contributed by atoms with van der Waals surface area (Å²) >= 11 is 3.41. The minimum Gasteiger partial charge on any atom is -0.493 e. The molecule has 12 heteroatoms. The van der Waals surface area contributed by atoms with Gasteiger partial charge in [-0.3, -0.25) is 9.59 Å². The number of methoxy groups -OCH3 is 1. The molecule has 224 valence electrons. The molecule has 1 amide bonds. The van der Waals surface area contributed by atoms with Gasteiger partial charge in [0.1, 0.15) is 0 Å². The van der Waals surface area contributed by atoms with Gasteiger partial charge in [0.25, 0.3) is 11.5 Å². The van der Waals surface area contributed by atoms with Crippen molar-refractivity contribution in [2.45, 2.75) is 13.1 Å². The second-order valence-corrected chi connectivity index (χ2v) is 10.5. The Labute approximate surface area is 257 Å². The summed E-state index contributed by atoms with van der Waals surface area (Å²) in [6.45, 7) is 1.56. The lowest BCUT2D eigenvalue weighted by Gasteiger charge is -2.15. The highest BCUT2D eigenvalue weighted by Crippen LogP contribution is 2.35. The lowest BCUT2D eigenvalue weighted by Crippen LogP contribution is -2.21. The molecule has 5 rings (SSSR count). The zero-order chi connectivity index (χ0) is 31.4. The maximum absolute atomic E-state index is 13.6. The third kappa shape index (κ3) is 6.81. The van der Waals surface area contributed by atoms with E-state index in [1.54, 1.807) is 48.5 Å². The Kier molecular flexibility index (Phi) is 8.81. The Hall–Kier alpha value is -4.97. The van der Waals surface area contributed by atoms with E-state index in [1.807, 2.05) is 19.1 Å². The number of amides is 1. The lowest BCUT2D eigenvalue weighted by atomic mass is 10.1. The van der Waals surface area contributed by atoms with E-state index >= 15 is 0 Å². The molecule has 0 saturated carbocycles. The fraction of sp³-hybridized carbons (Fsp3) is 0.125. The molecule has 1 N–H and O–H groups in total. The molecule has 0 bridgehead atoms. The van der Waals surface area contributed by atoms with Crippen LogP contribution in [-0.2, 0) is 11.0 Å². The van der Waals surface area contributed by atoms with Crippen LogP contribution in [0.4, 0.5) is 18.9 Å². The van der Waals surface area contributed by atoms with E-state index in [-0.39, 0.29) is 34.9 Å². The number of carbonyl (C=O) groups is 1. The molecule has 0 saturated heterocycles. The maximum Gasteiger partial charge on any atom is 0.416 e. The molecule has 1 heterocycles. The van der Waals surface area contributed by atoms with Crippen molar-refractivity contribution < 1.29 is 27.4 Å². The number of benzene rings is 4. The van der Waals surface area contributed by atoms with Crippen molar-refractivity contribution in [1.29, 1.82) is 0 Å². The number of alkyl halides is 3. The summed E-state index contributed by atoms with van der Waals surface area (Å²) in [5.74, 6) is -0.103. The Balaban J connectivity index is 1.55. The Morgan fingerprint density at radius 1 is 1.05 bits per heavy atom. The van der Waals surface area contributed by atoms with Crippen LogP contribution in [0.2, 0.25) is 0 Å². The van der Waals surface area contributed by atoms with Crippen LogP contribution in [0.25, 0.3) is 22.3 Å². The summed E-state index contributed by atoms with van der Waals surface area (Å²) < 4.78 is 53.4. The van der Waals surface area contributed by atoms with Crippen LogP contribution in [0.15, 0.2) is 99.3 Å². The molecule has 0 aliphatic heterocycles. The van der Waals surface area contributed by atoms with Crippen LogP contribution < -0.4 is 20.3 Å². The van der Waals surface area contributed by atoms with E-state index in [0.717, 1.165) is 22.4 Å². The molecule has 0 atom stereocenters. The molecular formula is C32H24BrF3N4O4. The van der Waals surface area contributed by atoms with Gasteiger partial charge in [0.05, 0.1) is 29.8 Å². The monoisotopic (exact) mass is 664 g/mol. The normalized spacial score (nSPS) is 11.6. The van der Waals surface area contributed by atoms with Gasteiger partial charge in [-0.1, -0.05) is 57.9 Å². The largest absolute Gasteiger partial charge is 0.493 e. The fourth-order valence-corrected chi connectivity index (χ4v) is 4.79. The van der Waals surface area contributed by atoms with E-state index in [4.69, 9.17) is 9.47 Å². The minimum absolute atomic E-state index is 0.0379. The molecule has 0 unspecified atom stereocenters. The molecule has 0 radical (unpaired) electrons. The number of aromatic nitrogens is 2. The first-order valence-corrected chi connectivity index (χ1v) is 13.9. The number of rotatable bonds is 8. The van der Waals surface area contributed by atoms with Crippen LogP contribution in [-0.4, -0.2) is 35.5 Å². The second kappa shape index (κ2) is 12.7. The summed E-state index contributed by atoms with van der Waals surface area (Å²) in [5.41, 5.74) is 0.790. The number of fused-ring (bicyclic) bond motifs is 1. The summed E-state index contributed by atoms with van der Waals surface area (Å²) in [6.07, 6.45) is -3.32. The van der Waals surface area contributed by atoms with Gasteiger partial charge >= 0.3 is 6.18 Å². The number of hydrogen-bond acceptors (Lipinski definition) is 6. The van der Waals surface area contributed by atoms with Crippen molar-refractivity contribution in [3.8, 4) is 22.9 Å². The highest BCUT2D eigenvalue weighted by atomic mass is 79.9. The molecule has 0 aliphatic carbocycles. The van der Waals surface area contributed by atoms with Gasteiger partial charge in [0.15, 0.2) is 23.9 Å². The smallest absolute Gasteiger partial charge is 0.416 e. The number of ether oxygens (including phenoxy) is 2. The third-order valence-electron chi connectivity index (χ3n) is 6.47. The number of halogens is 4. The van der Waals surface area contributed by atoms with E-state index < -0.39 is 23.2 Å². The van der Waals surface area contributed by atoms with Crippen LogP contribution in [0.1, 0.15) is 16.7 Å². The van der Waals surface area contributed by atoms with Gasteiger partial charge in [-0.25, -0.2) is 4.98 Å². The summed E-state index contributed by atoms with van der Waals surface area (Å²) in [5, 5.41) is 7.32. The maximum atomic E-state index is 13.6. The SMILES string of the molecule is COc1cc(Br)cc(C=Nn2c(-c3cccc(C(F)(F)F)c3)nc3ccccc3c2=O)c1OCC(=O)Nc1ccc(C)cc1. The van der Waals surface area contributed by atoms with E-state index in [9.17, 15) is 22.8 Å². The zero-order valence-corrected chi connectivity index (χ0v) is 24.9. The predicted octanol–water partition coefficient (Wildman–Crippen LogP) is 7.06. The first kappa shape index (κ1) is 30.5. The number of aryl methyl sites for hydroxylation is 1. The Morgan fingerprint density at radius 2 is 1.80 bits per heavy atom. The van der Waals surface area contributed by atoms with Crippen LogP contribution in [0, 0.1) is 6.92 Å². The van der Waals surface area contributed by atoms with Crippen molar-refractivity contribution >= 4 is 44.6 Å². The number of carbonyl (C=O) groups excluding carboxylic acids is 1. The second-order valence-electron chi connectivity index (χ2n) is 9.62. The predicted molar refractivity (Wildman–Crippen MR) is 165 cm³/mol. The van der Waals surface area contributed by atoms with E-state index in [2.05, 4.69) is 31.3 Å². The summed E-state index contributed by atoms with van der Waals surface area (Å²) in [4.78, 5) is 30.7. The van der Waals surface area contributed by atoms with E-state index in [0.29, 0.717) is 21.2 Å². The average Bonchev–Trinajstić information content (AvgIpc) is 3.00. The number of nitrogens with one attached hydrogen (secondary N) is 1. The highest BCUT2D eigenvalue weighted by Gasteiger charge is 2.31. The Bertz CT molecular complexity index is 1940. The fourth-order valence-electron chi connectivity index (χ4n) is 4.33. The number of hydrogen-bond donors (Lipinski definition) is 1. The number of para-hydroxylation sites is 1. The van der Waals surface area contributed by atoms with Crippen LogP contribution in [0.3, 0.4) is 0 Å². The molecule has 0 spiro atoms. The first-order chi connectivity index (χ1) is 21.0. The third-order valence-corrected chi connectivity index (χ3v) is 6.92. The summed E-state index contributed by atoms with van der Waals surface area (Å²) in [6, 6.07) is 21.5. The van der Waals surface area contributed by atoms with Crippen molar-refractivity contribution in [3.63, 3.8) is 0 Å². The number of nitrogens with zero attached hydrogens (tertiary/aromatic N) is 3. The molecule has 0 aliphatic rings. The Morgan fingerprint density at radius 3 is 2.52 bits per heavy atom. The minimum atomic E-state index is -4.61. The van der Waals surface area contributed by atoms with Gasteiger partial charge in [-0.15, -0.1) is 0 Å². The molecule has 5 aromatic rings. The van der Waals surface area contributed by atoms with Gasteiger partial charge < -0.3 is 14.8 Å².